The Morgan fingerprint density at radius 3 is 2.45 bits per heavy atom. The monoisotopic (exact) mass is 299 g/mol. The van der Waals surface area contributed by atoms with Crippen molar-refractivity contribution in [2.75, 3.05) is 5.32 Å². The fraction of sp³-hybridized carbons (Fsp3) is 0.615. The lowest BCUT2D eigenvalue weighted by atomic mass is 10.0. The Hall–Kier alpha value is -1.63. The molecule has 0 radical (unpaired) electrons. The van der Waals surface area contributed by atoms with Crippen LogP contribution in [0.2, 0.25) is 0 Å². The molecule has 0 saturated carbocycles. The molecule has 1 aromatic heterocycles. The van der Waals surface area contributed by atoms with Crippen molar-refractivity contribution >= 4 is 28.5 Å². The maximum Gasteiger partial charge on any atom is 0.326 e. The number of thiazole rings is 1. The number of carboxylic acid groups (broad SMARTS) is 1. The summed E-state index contributed by atoms with van der Waals surface area (Å²) >= 11 is 1.33. The summed E-state index contributed by atoms with van der Waals surface area (Å²) in [5, 5.41) is 16.4. The molecule has 2 amide bonds. The number of hydrogen-bond donors (Lipinski definition) is 3. The number of carbonyl (C=O) groups is 2. The second-order valence-electron chi connectivity index (χ2n) is 5.35. The van der Waals surface area contributed by atoms with E-state index < -0.39 is 18.0 Å². The van der Waals surface area contributed by atoms with Crippen molar-refractivity contribution in [2.45, 2.75) is 46.1 Å². The highest BCUT2D eigenvalue weighted by atomic mass is 32.1. The van der Waals surface area contributed by atoms with Gasteiger partial charge in [-0.1, -0.05) is 27.7 Å². The van der Waals surface area contributed by atoms with E-state index in [0.29, 0.717) is 11.6 Å². The van der Waals surface area contributed by atoms with Gasteiger partial charge in [-0.15, -0.1) is 11.3 Å². The summed E-state index contributed by atoms with van der Waals surface area (Å²) < 4.78 is 0. The maximum atomic E-state index is 11.8. The van der Waals surface area contributed by atoms with Crippen molar-refractivity contribution in [3.8, 4) is 0 Å². The molecule has 1 aromatic rings. The molecule has 1 rings (SSSR count). The molecule has 1 heterocycles. The summed E-state index contributed by atoms with van der Waals surface area (Å²) in [5.74, 6) is -0.558. The van der Waals surface area contributed by atoms with Crippen LogP contribution in [0.3, 0.4) is 0 Å². The molecule has 112 valence electrons. The van der Waals surface area contributed by atoms with Gasteiger partial charge in [-0.3, -0.25) is 5.32 Å². The molecule has 0 fully saturated rings. The highest BCUT2D eigenvalue weighted by molar-refractivity contribution is 7.13. The van der Waals surface area contributed by atoms with Crippen molar-refractivity contribution in [1.82, 2.24) is 10.3 Å². The summed E-state index contributed by atoms with van der Waals surface area (Å²) in [6, 6.07) is -1.43. The minimum Gasteiger partial charge on any atom is -0.480 e. The summed E-state index contributed by atoms with van der Waals surface area (Å²) in [7, 11) is 0. The standard InChI is InChI=1S/C13H21N3O3S/c1-7(2)5-9(11(17)18)14-12(19)16-13-15-10(6-20-13)8(3)4/h6-9H,5H2,1-4H3,(H,17,18)(H2,14,15,16,19). The van der Waals surface area contributed by atoms with Crippen LogP contribution in [0, 0.1) is 5.92 Å². The molecule has 7 heteroatoms. The first-order valence-corrected chi connectivity index (χ1v) is 7.43. The van der Waals surface area contributed by atoms with Crippen LogP contribution in [0.4, 0.5) is 9.93 Å². The number of nitrogens with one attached hydrogen (secondary N) is 2. The van der Waals surface area contributed by atoms with Gasteiger partial charge in [0.1, 0.15) is 6.04 Å². The predicted octanol–water partition coefficient (Wildman–Crippen LogP) is 2.89. The number of anilines is 1. The Morgan fingerprint density at radius 1 is 1.35 bits per heavy atom. The topological polar surface area (TPSA) is 91.3 Å². The first-order chi connectivity index (χ1) is 9.29. The van der Waals surface area contributed by atoms with Gasteiger partial charge in [-0.25, -0.2) is 14.6 Å². The van der Waals surface area contributed by atoms with E-state index >= 15 is 0 Å². The summed E-state index contributed by atoms with van der Waals surface area (Å²) in [6.07, 6.45) is 0.387. The number of rotatable bonds is 6. The summed E-state index contributed by atoms with van der Waals surface area (Å²) in [6.45, 7) is 7.85. The van der Waals surface area contributed by atoms with Crippen LogP contribution >= 0.6 is 11.3 Å². The SMILES string of the molecule is CC(C)CC(NC(=O)Nc1nc(C(C)C)cs1)C(=O)O. The van der Waals surface area contributed by atoms with E-state index in [4.69, 9.17) is 5.11 Å². The van der Waals surface area contributed by atoms with E-state index in [1.807, 2.05) is 33.1 Å². The van der Waals surface area contributed by atoms with E-state index in [0.717, 1.165) is 5.69 Å². The molecule has 0 bridgehead atoms. The smallest absolute Gasteiger partial charge is 0.326 e. The molecule has 0 aliphatic heterocycles. The lowest BCUT2D eigenvalue weighted by molar-refractivity contribution is -0.139. The highest BCUT2D eigenvalue weighted by Gasteiger charge is 2.21. The third kappa shape index (κ3) is 5.16. The fourth-order valence-electron chi connectivity index (χ4n) is 1.59. The Labute approximate surface area is 122 Å². The number of hydrogen-bond acceptors (Lipinski definition) is 4. The Balaban J connectivity index is 2.58. The largest absolute Gasteiger partial charge is 0.480 e. The number of carbonyl (C=O) groups excluding carboxylic acids is 1. The van der Waals surface area contributed by atoms with Crippen LogP contribution < -0.4 is 10.6 Å². The van der Waals surface area contributed by atoms with Gasteiger partial charge in [0, 0.05) is 5.38 Å². The molecular weight excluding hydrogens is 278 g/mol. The van der Waals surface area contributed by atoms with E-state index in [2.05, 4.69) is 15.6 Å². The Morgan fingerprint density at radius 2 is 2.00 bits per heavy atom. The molecule has 20 heavy (non-hydrogen) atoms. The van der Waals surface area contributed by atoms with E-state index in [1.54, 1.807) is 0 Å². The molecule has 0 spiro atoms. The molecule has 1 atom stereocenters. The molecule has 0 aliphatic carbocycles. The molecule has 0 aliphatic rings. The Kier molecular flexibility index (Phi) is 5.94. The van der Waals surface area contributed by atoms with Crippen LogP contribution in [0.15, 0.2) is 5.38 Å². The minimum atomic E-state index is -1.03. The van der Waals surface area contributed by atoms with Crippen LogP contribution in [-0.2, 0) is 4.79 Å². The van der Waals surface area contributed by atoms with Gasteiger partial charge in [-0.05, 0) is 18.3 Å². The summed E-state index contributed by atoms with van der Waals surface area (Å²) in [4.78, 5) is 27.1. The Bertz CT molecular complexity index is 471. The zero-order valence-corrected chi connectivity index (χ0v) is 13.0. The number of urea groups is 1. The lowest BCUT2D eigenvalue weighted by Gasteiger charge is -2.16. The normalized spacial score (nSPS) is 12.5. The fourth-order valence-corrected chi connectivity index (χ4v) is 2.46. The van der Waals surface area contributed by atoms with Crippen molar-refractivity contribution in [3.05, 3.63) is 11.1 Å². The van der Waals surface area contributed by atoms with Gasteiger partial charge < -0.3 is 10.4 Å². The molecule has 0 saturated heterocycles. The number of aliphatic carboxylic acids is 1. The lowest BCUT2D eigenvalue weighted by Crippen LogP contribution is -2.43. The van der Waals surface area contributed by atoms with Crippen molar-refractivity contribution in [1.29, 1.82) is 0 Å². The minimum absolute atomic E-state index is 0.184. The van der Waals surface area contributed by atoms with Crippen LogP contribution in [-0.4, -0.2) is 28.1 Å². The average molecular weight is 299 g/mol. The van der Waals surface area contributed by atoms with Gasteiger partial charge in [0.15, 0.2) is 5.13 Å². The average Bonchev–Trinajstić information content (AvgIpc) is 2.75. The number of nitrogens with zero attached hydrogens (tertiary/aromatic N) is 1. The zero-order chi connectivity index (χ0) is 15.3. The van der Waals surface area contributed by atoms with E-state index in [-0.39, 0.29) is 11.8 Å². The molecule has 1 unspecified atom stereocenters. The van der Waals surface area contributed by atoms with Crippen LogP contribution in [0.1, 0.15) is 45.7 Å². The number of amides is 2. The highest BCUT2D eigenvalue weighted by Crippen LogP contribution is 2.21. The van der Waals surface area contributed by atoms with Crippen molar-refractivity contribution in [2.24, 2.45) is 5.92 Å². The van der Waals surface area contributed by atoms with Crippen molar-refractivity contribution < 1.29 is 14.7 Å². The molecule has 6 nitrogen and oxygen atoms in total. The molecular formula is C13H21N3O3S. The van der Waals surface area contributed by atoms with Gasteiger partial charge in [0.05, 0.1) is 5.69 Å². The number of carboxylic acids is 1. The second-order valence-corrected chi connectivity index (χ2v) is 6.21. The van der Waals surface area contributed by atoms with Gasteiger partial charge >= 0.3 is 12.0 Å². The van der Waals surface area contributed by atoms with Crippen molar-refractivity contribution in [3.63, 3.8) is 0 Å². The first kappa shape index (κ1) is 16.4. The molecule has 0 aromatic carbocycles. The third-order valence-electron chi connectivity index (χ3n) is 2.64. The van der Waals surface area contributed by atoms with Crippen LogP contribution in [0.5, 0.6) is 0 Å². The van der Waals surface area contributed by atoms with Crippen LogP contribution in [0.25, 0.3) is 0 Å². The maximum absolute atomic E-state index is 11.8. The summed E-state index contributed by atoms with van der Waals surface area (Å²) in [5.41, 5.74) is 0.905. The van der Waals surface area contributed by atoms with E-state index in [9.17, 15) is 9.59 Å². The first-order valence-electron chi connectivity index (χ1n) is 6.55. The second kappa shape index (κ2) is 7.23. The van der Waals surface area contributed by atoms with E-state index in [1.165, 1.54) is 11.3 Å². The van der Waals surface area contributed by atoms with Gasteiger partial charge in [0.2, 0.25) is 0 Å². The quantitative estimate of drug-likeness (QED) is 0.753. The predicted molar refractivity (Wildman–Crippen MR) is 79.2 cm³/mol. The number of aromatic nitrogens is 1. The zero-order valence-electron chi connectivity index (χ0n) is 12.1. The molecule has 3 N–H and O–H groups in total. The van der Waals surface area contributed by atoms with Gasteiger partial charge in [-0.2, -0.15) is 0 Å². The van der Waals surface area contributed by atoms with Gasteiger partial charge in [0.25, 0.3) is 0 Å². The third-order valence-corrected chi connectivity index (χ3v) is 3.42.